The van der Waals surface area contributed by atoms with Crippen molar-refractivity contribution >= 4 is 23.2 Å². The van der Waals surface area contributed by atoms with Gasteiger partial charge >= 0.3 is 0 Å². The summed E-state index contributed by atoms with van der Waals surface area (Å²) in [5.41, 5.74) is 2.92. The number of methoxy groups -OCH3 is 1. The van der Waals surface area contributed by atoms with Crippen molar-refractivity contribution in [2.75, 3.05) is 12.4 Å². The number of nitrogens with one attached hydrogen (secondary N) is 1. The lowest BCUT2D eigenvalue weighted by Gasteiger charge is -2.10. The fraction of sp³-hybridized carbons (Fsp3) is 0.0526. The molecule has 4 rings (SSSR count). The summed E-state index contributed by atoms with van der Waals surface area (Å²) in [6, 6.07) is 12.1. The van der Waals surface area contributed by atoms with Gasteiger partial charge in [0.05, 0.1) is 47.8 Å². The van der Waals surface area contributed by atoms with E-state index in [1.807, 2.05) is 24.4 Å². The molecule has 0 saturated heterocycles. The summed E-state index contributed by atoms with van der Waals surface area (Å²) < 4.78 is 7.03. The van der Waals surface area contributed by atoms with Gasteiger partial charge in [0.2, 0.25) is 5.95 Å². The Hall–Kier alpha value is -3.45. The van der Waals surface area contributed by atoms with Crippen molar-refractivity contribution < 1.29 is 4.74 Å². The molecule has 0 aliphatic carbocycles. The average molecular weight is 378 g/mol. The van der Waals surface area contributed by atoms with E-state index in [9.17, 15) is 0 Å². The van der Waals surface area contributed by atoms with Crippen LogP contribution in [-0.2, 0) is 0 Å². The standard InChI is InChI=1S/C19H14ClN6O/c1-27-17-7-3-2-6-16(17)24-19-22-11-15(20)18(25-19)13-9-23-26(12-13)14-5-4-8-21-10-14/h2,4-12H,1H3,(H,22,24,25). The Balaban J connectivity index is 1.66. The van der Waals surface area contributed by atoms with Crippen LogP contribution in [0.1, 0.15) is 0 Å². The molecule has 1 aromatic carbocycles. The minimum absolute atomic E-state index is 0.396. The number of anilines is 2. The lowest BCUT2D eigenvalue weighted by molar-refractivity contribution is 0.416. The zero-order valence-corrected chi connectivity index (χ0v) is 15.1. The maximum absolute atomic E-state index is 6.32. The van der Waals surface area contributed by atoms with Crippen LogP contribution in [0.15, 0.2) is 61.3 Å². The highest BCUT2D eigenvalue weighted by Gasteiger charge is 2.12. The van der Waals surface area contributed by atoms with Gasteiger partial charge < -0.3 is 10.1 Å². The van der Waals surface area contributed by atoms with Crippen molar-refractivity contribution in [3.8, 4) is 22.7 Å². The highest BCUT2D eigenvalue weighted by atomic mass is 35.5. The lowest BCUT2D eigenvalue weighted by Crippen LogP contribution is -2.00. The fourth-order valence-corrected chi connectivity index (χ4v) is 2.71. The van der Waals surface area contributed by atoms with Crippen LogP contribution in [0, 0.1) is 6.07 Å². The van der Waals surface area contributed by atoms with E-state index in [0.29, 0.717) is 22.4 Å². The summed E-state index contributed by atoms with van der Waals surface area (Å²) in [5.74, 6) is 1.04. The number of benzene rings is 1. The Bertz CT molecular complexity index is 1070. The highest BCUT2D eigenvalue weighted by Crippen LogP contribution is 2.29. The number of halogens is 1. The quantitative estimate of drug-likeness (QED) is 0.567. The first kappa shape index (κ1) is 17.0. The Kier molecular flexibility index (Phi) is 4.67. The van der Waals surface area contributed by atoms with Crippen LogP contribution in [0.4, 0.5) is 11.6 Å². The molecular formula is C19H14ClN6O. The van der Waals surface area contributed by atoms with Crippen molar-refractivity contribution in [2.24, 2.45) is 0 Å². The van der Waals surface area contributed by atoms with Gasteiger partial charge in [-0.2, -0.15) is 5.10 Å². The summed E-state index contributed by atoms with van der Waals surface area (Å²) in [4.78, 5) is 12.9. The molecule has 0 atom stereocenters. The average Bonchev–Trinajstić information content (AvgIpc) is 3.20. The van der Waals surface area contributed by atoms with Crippen molar-refractivity contribution in [3.63, 3.8) is 0 Å². The molecule has 0 amide bonds. The maximum atomic E-state index is 6.32. The zero-order valence-electron chi connectivity index (χ0n) is 14.3. The summed E-state index contributed by atoms with van der Waals surface area (Å²) in [6.07, 6.45) is 8.53. The second-order valence-electron chi connectivity index (χ2n) is 5.53. The Labute approximate surface area is 160 Å². The molecule has 7 nitrogen and oxygen atoms in total. The number of hydrogen-bond donors (Lipinski definition) is 1. The normalized spacial score (nSPS) is 10.6. The molecule has 0 aliphatic rings. The second-order valence-corrected chi connectivity index (χ2v) is 5.93. The number of hydrogen-bond acceptors (Lipinski definition) is 6. The van der Waals surface area contributed by atoms with E-state index in [4.69, 9.17) is 16.3 Å². The van der Waals surface area contributed by atoms with Crippen LogP contribution < -0.4 is 10.1 Å². The number of rotatable bonds is 5. The smallest absolute Gasteiger partial charge is 0.227 e. The molecule has 8 heteroatoms. The molecular weight excluding hydrogens is 364 g/mol. The first-order valence-electron chi connectivity index (χ1n) is 8.03. The van der Waals surface area contributed by atoms with E-state index in [1.165, 1.54) is 0 Å². The van der Waals surface area contributed by atoms with Crippen LogP contribution in [-0.4, -0.2) is 31.8 Å². The molecule has 0 fully saturated rings. The Morgan fingerprint density at radius 1 is 1.22 bits per heavy atom. The molecule has 0 unspecified atom stereocenters. The molecule has 3 heterocycles. The number of pyridine rings is 1. The number of nitrogens with zero attached hydrogens (tertiary/aromatic N) is 5. The van der Waals surface area contributed by atoms with Crippen LogP contribution in [0.5, 0.6) is 5.75 Å². The molecule has 27 heavy (non-hydrogen) atoms. The van der Waals surface area contributed by atoms with Crippen LogP contribution in [0.25, 0.3) is 16.9 Å². The molecule has 0 spiro atoms. The molecule has 1 N–H and O–H groups in total. The van der Waals surface area contributed by atoms with Crippen LogP contribution in [0.3, 0.4) is 0 Å². The zero-order chi connectivity index (χ0) is 18.6. The van der Waals surface area contributed by atoms with Crippen LogP contribution in [0.2, 0.25) is 5.02 Å². The van der Waals surface area contributed by atoms with Crippen molar-refractivity contribution in [3.05, 3.63) is 72.4 Å². The second kappa shape index (κ2) is 7.43. The molecule has 3 aromatic heterocycles. The van der Waals surface area contributed by atoms with Gasteiger partial charge in [0, 0.05) is 18.0 Å². The Morgan fingerprint density at radius 3 is 2.96 bits per heavy atom. The summed E-state index contributed by atoms with van der Waals surface area (Å²) >= 11 is 6.32. The van der Waals surface area contributed by atoms with E-state index < -0.39 is 0 Å². The maximum Gasteiger partial charge on any atom is 0.227 e. The Morgan fingerprint density at radius 2 is 2.15 bits per heavy atom. The van der Waals surface area contributed by atoms with E-state index in [1.54, 1.807) is 48.7 Å². The molecule has 0 bridgehead atoms. The van der Waals surface area contributed by atoms with E-state index in [0.717, 1.165) is 16.9 Å². The molecule has 0 saturated carbocycles. The van der Waals surface area contributed by atoms with Gasteiger partial charge in [-0.3, -0.25) is 4.98 Å². The van der Waals surface area contributed by atoms with Gasteiger partial charge in [0.1, 0.15) is 5.75 Å². The van der Waals surface area contributed by atoms with Crippen molar-refractivity contribution in [1.29, 1.82) is 0 Å². The number of ether oxygens (including phenoxy) is 1. The summed E-state index contributed by atoms with van der Waals surface area (Å²) in [5, 5.41) is 7.92. The topological polar surface area (TPSA) is 77.8 Å². The first-order valence-corrected chi connectivity index (χ1v) is 8.41. The third-order valence-electron chi connectivity index (χ3n) is 3.80. The first-order chi connectivity index (χ1) is 13.2. The van der Waals surface area contributed by atoms with E-state index >= 15 is 0 Å². The van der Waals surface area contributed by atoms with Crippen LogP contribution >= 0.6 is 11.6 Å². The predicted molar refractivity (Wildman–Crippen MR) is 103 cm³/mol. The molecule has 133 valence electrons. The van der Waals surface area contributed by atoms with Gasteiger partial charge in [-0.15, -0.1) is 0 Å². The SMILES string of the molecule is COc1c[c]ccc1Nc1ncc(Cl)c(-c2cnn(-c3cccnc3)c2)n1. The van der Waals surface area contributed by atoms with Gasteiger partial charge in [0.25, 0.3) is 0 Å². The van der Waals surface area contributed by atoms with Gasteiger partial charge in [-0.05, 0) is 30.3 Å². The van der Waals surface area contributed by atoms with Crippen molar-refractivity contribution in [2.45, 2.75) is 0 Å². The minimum Gasteiger partial charge on any atom is -0.495 e. The van der Waals surface area contributed by atoms with Gasteiger partial charge in [0.15, 0.2) is 0 Å². The fourth-order valence-electron chi connectivity index (χ4n) is 2.51. The van der Waals surface area contributed by atoms with E-state index in [-0.39, 0.29) is 0 Å². The highest BCUT2D eigenvalue weighted by molar-refractivity contribution is 6.32. The van der Waals surface area contributed by atoms with E-state index in [2.05, 4.69) is 31.4 Å². The largest absolute Gasteiger partial charge is 0.495 e. The summed E-state index contributed by atoms with van der Waals surface area (Å²) in [7, 11) is 1.59. The number of aromatic nitrogens is 5. The van der Waals surface area contributed by atoms with Gasteiger partial charge in [-0.25, -0.2) is 14.6 Å². The van der Waals surface area contributed by atoms with Gasteiger partial charge in [-0.1, -0.05) is 17.7 Å². The molecule has 1 radical (unpaired) electrons. The monoisotopic (exact) mass is 377 g/mol. The lowest BCUT2D eigenvalue weighted by atomic mass is 10.2. The predicted octanol–water partition coefficient (Wildman–Crippen LogP) is 3.93. The summed E-state index contributed by atoms with van der Waals surface area (Å²) in [6.45, 7) is 0. The third-order valence-corrected chi connectivity index (χ3v) is 4.08. The molecule has 0 aliphatic heterocycles. The molecule has 4 aromatic rings. The third kappa shape index (κ3) is 3.58. The van der Waals surface area contributed by atoms with Crippen molar-refractivity contribution in [1.82, 2.24) is 24.7 Å². The minimum atomic E-state index is 0.396.